The van der Waals surface area contributed by atoms with E-state index in [2.05, 4.69) is 23.1 Å². The molecule has 1 atom stereocenters. The fourth-order valence-corrected chi connectivity index (χ4v) is 2.42. The lowest BCUT2D eigenvalue weighted by atomic mass is 9.88. The summed E-state index contributed by atoms with van der Waals surface area (Å²) in [4.78, 5) is 2.45. The van der Waals surface area contributed by atoms with E-state index in [0.29, 0.717) is 6.04 Å². The maximum absolute atomic E-state index is 5.97. The summed E-state index contributed by atoms with van der Waals surface area (Å²) < 4.78 is 0. The number of nitrogens with two attached hydrogens (primary N) is 1. The molecule has 2 nitrogen and oxygen atoms in total. The Morgan fingerprint density at radius 3 is 2.93 bits per heavy atom. The first kappa shape index (κ1) is 9.37. The molecule has 1 saturated heterocycles. The SMILES string of the molecule is NC1CCc2cc(CN3CC3)ccc2C1. The van der Waals surface area contributed by atoms with E-state index in [1.165, 1.54) is 36.2 Å². The summed E-state index contributed by atoms with van der Waals surface area (Å²) in [6.45, 7) is 3.70. The average Bonchev–Trinajstić information content (AvgIpc) is 3.02. The maximum atomic E-state index is 5.97. The van der Waals surface area contributed by atoms with E-state index in [1.807, 2.05) is 0 Å². The average molecular weight is 202 g/mol. The van der Waals surface area contributed by atoms with E-state index in [9.17, 15) is 0 Å². The molecule has 2 heteroatoms. The van der Waals surface area contributed by atoms with Gasteiger partial charge in [0.25, 0.3) is 0 Å². The zero-order chi connectivity index (χ0) is 10.3. The standard InChI is InChI=1S/C13H18N2/c14-13-4-3-11-7-10(9-15-5-6-15)1-2-12(11)8-13/h1-2,7,13H,3-6,8-9,14H2. The number of fused-ring (bicyclic) bond motifs is 1. The van der Waals surface area contributed by atoms with Crippen molar-refractivity contribution < 1.29 is 0 Å². The van der Waals surface area contributed by atoms with Crippen molar-refractivity contribution in [3.63, 3.8) is 0 Å². The van der Waals surface area contributed by atoms with E-state index in [4.69, 9.17) is 5.73 Å². The largest absolute Gasteiger partial charge is 0.327 e. The molecule has 1 fully saturated rings. The van der Waals surface area contributed by atoms with Crippen LogP contribution >= 0.6 is 0 Å². The van der Waals surface area contributed by atoms with Crippen LogP contribution in [0.2, 0.25) is 0 Å². The normalized spacial score (nSPS) is 25.0. The molecule has 80 valence electrons. The Hall–Kier alpha value is -0.860. The fraction of sp³-hybridized carbons (Fsp3) is 0.538. The first-order chi connectivity index (χ1) is 7.31. The van der Waals surface area contributed by atoms with E-state index < -0.39 is 0 Å². The molecule has 0 radical (unpaired) electrons. The van der Waals surface area contributed by atoms with Crippen LogP contribution in [0.3, 0.4) is 0 Å². The molecule has 2 N–H and O–H groups in total. The lowest BCUT2D eigenvalue weighted by Gasteiger charge is -2.22. The molecule has 0 aromatic heterocycles. The molecule has 3 rings (SSSR count). The first-order valence-corrected chi connectivity index (χ1v) is 5.90. The number of hydrogen-bond acceptors (Lipinski definition) is 2. The molecule has 2 aliphatic rings. The molecule has 1 aromatic carbocycles. The third kappa shape index (κ3) is 2.06. The third-order valence-corrected chi connectivity index (χ3v) is 3.48. The first-order valence-electron chi connectivity index (χ1n) is 5.90. The maximum Gasteiger partial charge on any atom is 0.0234 e. The second kappa shape index (κ2) is 3.62. The van der Waals surface area contributed by atoms with Gasteiger partial charge in [0.05, 0.1) is 0 Å². The zero-order valence-electron chi connectivity index (χ0n) is 9.08. The van der Waals surface area contributed by atoms with Crippen molar-refractivity contribution in [3.05, 3.63) is 34.9 Å². The third-order valence-electron chi connectivity index (χ3n) is 3.48. The lowest BCUT2D eigenvalue weighted by molar-refractivity contribution is 0.550. The molecule has 1 aliphatic carbocycles. The van der Waals surface area contributed by atoms with Crippen molar-refractivity contribution in [2.75, 3.05) is 13.1 Å². The van der Waals surface area contributed by atoms with Crippen LogP contribution in [0.5, 0.6) is 0 Å². The predicted octanol–water partition coefficient (Wildman–Crippen LogP) is 1.32. The van der Waals surface area contributed by atoms with E-state index in [1.54, 1.807) is 0 Å². The summed E-state index contributed by atoms with van der Waals surface area (Å²) in [5, 5.41) is 0. The smallest absolute Gasteiger partial charge is 0.0234 e. The Kier molecular flexibility index (Phi) is 2.26. The fourth-order valence-electron chi connectivity index (χ4n) is 2.42. The summed E-state index contributed by atoms with van der Waals surface area (Å²) in [5.41, 5.74) is 10.5. The minimum Gasteiger partial charge on any atom is -0.327 e. The predicted molar refractivity (Wildman–Crippen MR) is 61.7 cm³/mol. The van der Waals surface area contributed by atoms with Gasteiger partial charge in [0.1, 0.15) is 0 Å². The molecule has 1 aromatic rings. The zero-order valence-corrected chi connectivity index (χ0v) is 9.08. The number of aryl methyl sites for hydroxylation is 1. The molecule has 0 spiro atoms. The number of rotatable bonds is 2. The monoisotopic (exact) mass is 202 g/mol. The van der Waals surface area contributed by atoms with Crippen molar-refractivity contribution in [2.24, 2.45) is 5.73 Å². The molecular weight excluding hydrogens is 184 g/mol. The van der Waals surface area contributed by atoms with Crippen LogP contribution in [-0.2, 0) is 19.4 Å². The summed E-state index contributed by atoms with van der Waals surface area (Å²) in [7, 11) is 0. The van der Waals surface area contributed by atoms with E-state index >= 15 is 0 Å². The molecule has 1 unspecified atom stereocenters. The Bertz CT molecular complexity index is 369. The van der Waals surface area contributed by atoms with Gasteiger partial charge in [-0.25, -0.2) is 0 Å². The molecule has 0 amide bonds. The summed E-state index contributed by atoms with van der Waals surface area (Å²) >= 11 is 0. The molecule has 1 aliphatic heterocycles. The van der Waals surface area contributed by atoms with Gasteiger partial charge < -0.3 is 5.73 Å². The lowest BCUT2D eigenvalue weighted by Crippen LogP contribution is -2.27. The minimum absolute atomic E-state index is 0.385. The van der Waals surface area contributed by atoms with Crippen molar-refractivity contribution in [1.82, 2.24) is 4.90 Å². The van der Waals surface area contributed by atoms with Gasteiger partial charge in [-0.05, 0) is 36.0 Å². The van der Waals surface area contributed by atoms with E-state index in [-0.39, 0.29) is 0 Å². The highest BCUT2D eigenvalue weighted by molar-refractivity contribution is 5.34. The Balaban J connectivity index is 1.82. The van der Waals surface area contributed by atoms with Crippen LogP contribution in [0, 0.1) is 0 Å². The second-order valence-electron chi connectivity index (χ2n) is 4.88. The van der Waals surface area contributed by atoms with Gasteiger partial charge in [-0.3, -0.25) is 4.90 Å². The highest BCUT2D eigenvalue weighted by atomic mass is 15.2. The summed E-state index contributed by atoms with van der Waals surface area (Å²) in [5.74, 6) is 0. The van der Waals surface area contributed by atoms with Crippen LogP contribution in [0.1, 0.15) is 23.1 Å². The van der Waals surface area contributed by atoms with Crippen molar-refractivity contribution in [2.45, 2.75) is 31.8 Å². The number of nitrogens with zero attached hydrogens (tertiary/aromatic N) is 1. The van der Waals surface area contributed by atoms with Crippen LogP contribution in [0.25, 0.3) is 0 Å². The van der Waals surface area contributed by atoms with Gasteiger partial charge in [0.15, 0.2) is 0 Å². The number of hydrogen-bond donors (Lipinski definition) is 1. The Labute approximate surface area is 91.1 Å². The quantitative estimate of drug-likeness (QED) is 0.733. The van der Waals surface area contributed by atoms with Crippen molar-refractivity contribution >= 4 is 0 Å². The number of benzene rings is 1. The van der Waals surface area contributed by atoms with Gasteiger partial charge in [0.2, 0.25) is 0 Å². The van der Waals surface area contributed by atoms with Gasteiger partial charge in [-0.15, -0.1) is 0 Å². The minimum atomic E-state index is 0.385. The Morgan fingerprint density at radius 1 is 1.27 bits per heavy atom. The second-order valence-corrected chi connectivity index (χ2v) is 4.88. The van der Waals surface area contributed by atoms with Crippen molar-refractivity contribution in [3.8, 4) is 0 Å². The molecule has 15 heavy (non-hydrogen) atoms. The topological polar surface area (TPSA) is 29.0 Å². The Morgan fingerprint density at radius 2 is 2.13 bits per heavy atom. The summed E-state index contributed by atoms with van der Waals surface area (Å²) in [6.07, 6.45) is 3.39. The summed E-state index contributed by atoms with van der Waals surface area (Å²) in [6, 6.07) is 7.33. The van der Waals surface area contributed by atoms with Gasteiger partial charge in [0, 0.05) is 25.7 Å². The van der Waals surface area contributed by atoms with Crippen LogP contribution in [-0.4, -0.2) is 24.0 Å². The molecule has 0 bridgehead atoms. The van der Waals surface area contributed by atoms with Gasteiger partial charge >= 0.3 is 0 Å². The van der Waals surface area contributed by atoms with Crippen LogP contribution in [0.4, 0.5) is 0 Å². The van der Waals surface area contributed by atoms with Gasteiger partial charge in [-0.2, -0.15) is 0 Å². The van der Waals surface area contributed by atoms with E-state index in [0.717, 1.165) is 19.4 Å². The van der Waals surface area contributed by atoms with Crippen LogP contribution in [0.15, 0.2) is 18.2 Å². The molecular formula is C13H18N2. The highest BCUT2D eigenvalue weighted by Gasteiger charge is 2.19. The molecule has 0 saturated carbocycles. The van der Waals surface area contributed by atoms with Crippen LogP contribution < -0.4 is 5.73 Å². The highest BCUT2D eigenvalue weighted by Crippen LogP contribution is 2.23. The van der Waals surface area contributed by atoms with Crippen molar-refractivity contribution in [1.29, 1.82) is 0 Å². The molecule has 1 heterocycles. The van der Waals surface area contributed by atoms with Gasteiger partial charge in [-0.1, -0.05) is 18.2 Å².